The zero-order valence-corrected chi connectivity index (χ0v) is 15.4. The Morgan fingerprint density at radius 3 is 2.68 bits per heavy atom. The zero-order valence-electron chi connectivity index (χ0n) is 15.4. The number of rotatable bonds is 5. The summed E-state index contributed by atoms with van der Waals surface area (Å²) >= 11 is 0. The molecule has 3 rings (SSSR count). The fraction of sp³-hybridized carbons (Fsp3) is 0.500. The summed E-state index contributed by atoms with van der Waals surface area (Å²) in [5.41, 5.74) is 9.61. The van der Waals surface area contributed by atoms with Crippen LogP contribution in [-0.2, 0) is 6.42 Å². The van der Waals surface area contributed by atoms with Gasteiger partial charge in [-0.05, 0) is 56.2 Å². The van der Waals surface area contributed by atoms with Gasteiger partial charge in [0.15, 0.2) is 5.96 Å². The van der Waals surface area contributed by atoms with Gasteiger partial charge in [0.05, 0.1) is 11.4 Å². The average Bonchev–Trinajstić information content (AvgIpc) is 3.01. The number of aromatic nitrogens is 2. The maximum Gasteiger partial charge on any atom is 0.191 e. The Kier molecular flexibility index (Phi) is 5.74. The third-order valence-electron chi connectivity index (χ3n) is 5.01. The van der Waals surface area contributed by atoms with Gasteiger partial charge in [-0.3, -0.25) is 4.99 Å². The van der Waals surface area contributed by atoms with E-state index in [2.05, 4.69) is 47.2 Å². The van der Waals surface area contributed by atoms with E-state index in [9.17, 15) is 0 Å². The number of benzene rings is 1. The summed E-state index contributed by atoms with van der Waals surface area (Å²) in [6.45, 7) is 7.23. The maximum absolute atomic E-state index is 6.14. The highest BCUT2D eigenvalue weighted by Crippen LogP contribution is 2.16. The van der Waals surface area contributed by atoms with Crippen LogP contribution in [0, 0.1) is 12.8 Å². The van der Waals surface area contributed by atoms with Crippen molar-refractivity contribution in [1.29, 1.82) is 0 Å². The highest BCUT2D eigenvalue weighted by atomic mass is 15.3. The number of aliphatic imine (C=N–C) groups is 1. The highest BCUT2D eigenvalue weighted by Gasteiger charge is 2.16. The molecule has 2 heterocycles. The molecule has 5 heteroatoms. The number of hydrogen-bond donors (Lipinski definition) is 1. The van der Waals surface area contributed by atoms with E-state index >= 15 is 0 Å². The van der Waals surface area contributed by atoms with Gasteiger partial charge in [0, 0.05) is 25.8 Å². The van der Waals surface area contributed by atoms with Crippen LogP contribution in [0.1, 0.15) is 37.4 Å². The van der Waals surface area contributed by atoms with E-state index in [-0.39, 0.29) is 0 Å². The predicted octanol–water partition coefficient (Wildman–Crippen LogP) is 3.16. The van der Waals surface area contributed by atoms with E-state index in [1.807, 2.05) is 22.9 Å². The molecule has 2 N–H and O–H groups in total. The molecule has 1 saturated heterocycles. The van der Waals surface area contributed by atoms with Gasteiger partial charge in [-0.15, -0.1) is 0 Å². The fourth-order valence-electron chi connectivity index (χ4n) is 3.25. The molecule has 0 unspecified atom stereocenters. The Morgan fingerprint density at radius 1 is 1.24 bits per heavy atom. The number of nitrogens with two attached hydrogens (primary N) is 1. The van der Waals surface area contributed by atoms with E-state index in [1.165, 1.54) is 18.4 Å². The smallest absolute Gasteiger partial charge is 0.191 e. The standard InChI is InChI=1S/C20H29N5/c1-16-10-13-24(14-11-16)20(21)22-12-6-7-18-15-25(23-17(18)2)19-8-4-3-5-9-19/h3-5,8-9,15-16H,6-7,10-14H2,1-2H3,(H2,21,22). The topological polar surface area (TPSA) is 59.4 Å². The first-order valence-electron chi connectivity index (χ1n) is 9.29. The molecular weight excluding hydrogens is 310 g/mol. The third kappa shape index (κ3) is 4.62. The normalized spacial score (nSPS) is 16.4. The van der Waals surface area contributed by atoms with Gasteiger partial charge in [0.1, 0.15) is 0 Å². The first kappa shape index (κ1) is 17.5. The van der Waals surface area contributed by atoms with Crippen LogP contribution in [-0.4, -0.2) is 40.3 Å². The molecule has 0 spiro atoms. The van der Waals surface area contributed by atoms with Gasteiger partial charge in [0.25, 0.3) is 0 Å². The van der Waals surface area contributed by atoms with Gasteiger partial charge >= 0.3 is 0 Å². The lowest BCUT2D eigenvalue weighted by Gasteiger charge is -2.31. The van der Waals surface area contributed by atoms with Gasteiger partial charge in [0.2, 0.25) is 0 Å². The van der Waals surface area contributed by atoms with Crippen molar-refractivity contribution in [2.75, 3.05) is 19.6 Å². The predicted molar refractivity (Wildman–Crippen MR) is 103 cm³/mol. The van der Waals surface area contributed by atoms with E-state index in [4.69, 9.17) is 5.73 Å². The minimum Gasteiger partial charge on any atom is -0.370 e. The van der Waals surface area contributed by atoms with Crippen molar-refractivity contribution < 1.29 is 0 Å². The molecule has 25 heavy (non-hydrogen) atoms. The molecule has 1 aromatic heterocycles. The van der Waals surface area contributed by atoms with Crippen LogP contribution in [0.25, 0.3) is 5.69 Å². The second-order valence-electron chi connectivity index (χ2n) is 7.03. The van der Waals surface area contributed by atoms with Crippen LogP contribution in [0.15, 0.2) is 41.5 Å². The summed E-state index contributed by atoms with van der Waals surface area (Å²) < 4.78 is 1.96. The van der Waals surface area contributed by atoms with Crippen molar-refractivity contribution in [1.82, 2.24) is 14.7 Å². The molecule has 5 nitrogen and oxygen atoms in total. The molecule has 0 amide bonds. The van der Waals surface area contributed by atoms with Crippen LogP contribution < -0.4 is 5.73 Å². The second-order valence-corrected chi connectivity index (χ2v) is 7.03. The molecule has 134 valence electrons. The van der Waals surface area contributed by atoms with Gasteiger partial charge < -0.3 is 10.6 Å². The molecule has 0 atom stereocenters. The summed E-state index contributed by atoms with van der Waals surface area (Å²) in [4.78, 5) is 6.80. The van der Waals surface area contributed by atoms with Crippen LogP contribution >= 0.6 is 0 Å². The summed E-state index contributed by atoms with van der Waals surface area (Å²) in [7, 11) is 0. The molecule has 0 radical (unpaired) electrons. The number of piperidine rings is 1. The van der Waals surface area contributed by atoms with Crippen LogP contribution in [0.3, 0.4) is 0 Å². The lowest BCUT2D eigenvalue weighted by molar-refractivity contribution is 0.277. The van der Waals surface area contributed by atoms with Crippen LogP contribution in [0.5, 0.6) is 0 Å². The Labute approximate surface area is 150 Å². The lowest BCUT2D eigenvalue weighted by atomic mass is 10.00. The number of likely N-dealkylation sites (tertiary alicyclic amines) is 1. The van der Waals surface area contributed by atoms with Gasteiger partial charge in [-0.1, -0.05) is 25.1 Å². The molecule has 2 aromatic rings. The van der Waals surface area contributed by atoms with Crippen molar-refractivity contribution >= 4 is 5.96 Å². The molecule has 1 aliphatic heterocycles. The summed E-state index contributed by atoms with van der Waals surface area (Å²) in [6, 6.07) is 10.2. The lowest BCUT2D eigenvalue weighted by Crippen LogP contribution is -2.42. The molecular formula is C20H29N5. The molecule has 0 saturated carbocycles. The molecule has 1 aromatic carbocycles. The molecule has 1 aliphatic rings. The minimum absolute atomic E-state index is 0.712. The van der Waals surface area contributed by atoms with E-state index in [0.29, 0.717) is 5.96 Å². The summed E-state index contributed by atoms with van der Waals surface area (Å²) in [6.07, 6.45) is 6.53. The third-order valence-corrected chi connectivity index (χ3v) is 5.01. The fourth-order valence-corrected chi connectivity index (χ4v) is 3.25. The molecule has 0 bridgehead atoms. The number of para-hydroxylation sites is 1. The summed E-state index contributed by atoms with van der Waals surface area (Å²) in [5, 5.41) is 4.62. The minimum atomic E-state index is 0.712. The molecule has 0 aliphatic carbocycles. The Bertz CT molecular complexity index is 696. The number of nitrogens with zero attached hydrogens (tertiary/aromatic N) is 4. The first-order valence-corrected chi connectivity index (χ1v) is 9.29. The number of guanidine groups is 1. The Morgan fingerprint density at radius 2 is 1.96 bits per heavy atom. The first-order chi connectivity index (χ1) is 12.1. The van der Waals surface area contributed by atoms with E-state index in [0.717, 1.165) is 49.8 Å². The number of hydrogen-bond acceptors (Lipinski definition) is 2. The van der Waals surface area contributed by atoms with E-state index < -0.39 is 0 Å². The van der Waals surface area contributed by atoms with Crippen LogP contribution in [0.2, 0.25) is 0 Å². The van der Waals surface area contributed by atoms with Crippen molar-refractivity contribution in [3.8, 4) is 5.69 Å². The van der Waals surface area contributed by atoms with Crippen molar-refractivity contribution in [3.63, 3.8) is 0 Å². The van der Waals surface area contributed by atoms with Gasteiger partial charge in [-0.25, -0.2) is 4.68 Å². The largest absolute Gasteiger partial charge is 0.370 e. The molecule has 1 fully saturated rings. The van der Waals surface area contributed by atoms with E-state index in [1.54, 1.807) is 0 Å². The highest BCUT2D eigenvalue weighted by molar-refractivity contribution is 5.78. The number of aryl methyl sites for hydroxylation is 2. The second kappa shape index (κ2) is 8.19. The average molecular weight is 339 g/mol. The summed E-state index contributed by atoms with van der Waals surface area (Å²) in [5.74, 6) is 1.52. The zero-order chi connectivity index (χ0) is 17.6. The van der Waals surface area contributed by atoms with Crippen molar-refractivity contribution in [3.05, 3.63) is 47.8 Å². The van der Waals surface area contributed by atoms with Crippen molar-refractivity contribution in [2.45, 2.75) is 39.5 Å². The maximum atomic E-state index is 6.14. The van der Waals surface area contributed by atoms with Gasteiger partial charge in [-0.2, -0.15) is 5.10 Å². The monoisotopic (exact) mass is 339 g/mol. The Balaban J connectivity index is 1.51. The van der Waals surface area contributed by atoms with Crippen molar-refractivity contribution in [2.24, 2.45) is 16.6 Å². The van der Waals surface area contributed by atoms with Crippen LogP contribution in [0.4, 0.5) is 0 Å². The quantitative estimate of drug-likeness (QED) is 0.517. The Hall–Kier alpha value is -2.30. The SMILES string of the molecule is Cc1nn(-c2ccccc2)cc1CCCN=C(N)N1CCC(C)CC1.